The summed E-state index contributed by atoms with van der Waals surface area (Å²) in [6, 6.07) is 0.447. The van der Waals surface area contributed by atoms with Crippen LogP contribution in [0.1, 0.15) is 12.8 Å². The third-order valence-corrected chi connectivity index (χ3v) is 2.42. The van der Waals surface area contributed by atoms with Gasteiger partial charge >= 0.3 is 0 Å². The summed E-state index contributed by atoms with van der Waals surface area (Å²) < 4.78 is 4.63. The summed E-state index contributed by atoms with van der Waals surface area (Å²) in [5.41, 5.74) is 2.78. The molecule has 0 radical (unpaired) electrons. The van der Waals surface area contributed by atoms with E-state index in [0.29, 0.717) is 19.1 Å². The van der Waals surface area contributed by atoms with Crippen LogP contribution < -0.4 is 11.3 Å². The molecule has 1 fully saturated rings. The normalized spacial score (nSPS) is 17.4. The van der Waals surface area contributed by atoms with Crippen molar-refractivity contribution in [1.82, 2.24) is 10.3 Å². The van der Waals surface area contributed by atoms with E-state index in [1.807, 2.05) is 0 Å². The van der Waals surface area contributed by atoms with Crippen molar-refractivity contribution in [3.05, 3.63) is 0 Å². The minimum Gasteiger partial charge on any atom is -0.467 e. The Balaban J connectivity index is 0. The van der Waals surface area contributed by atoms with Gasteiger partial charge in [0.2, 0.25) is 0 Å². The van der Waals surface area contributed by atoms with Gasteiger partial charge in [-0.15, -0.1) is 24.8 Å². The minimum atomic E-state index is 0. The third kappa shape index (κ3) is 6.92. The predicted octanol–water partition coefficient (Wildman–Crippen LogP) is -0.0693. The molecule has 0 aromatic carbocycles. The maximum Gasteiger partial charge on any atom is 0.293 e. The number of halogens is 2. The van der Waals surface area contributed by atoms with Gasteiger partial charge in [0.1, 0.15) is 6.61 Å². The van der Waals surface area contributed by atoms with Gasteiger partial charge in [0.05, 0.1) is 0 Å². The molecule has 0 atom stereocenters. The lowest BCUT2D eigenvalue weighted by molar-refractivity contribution is -0.129. The molecule has 5 nitrogen and oxygen atoms in total. The van der Waals surface area contributed by atoms with Gasteiger partial charge in [0.25, 0.3) is 6.47 Å². The smallest absolute Gasteiger partial charge is 0.293 e. The first-order valence-electron chi connectivity index (χ1n) is 4.60. The summed E-state index contributed by atoms with van der Waals surface area (Å²) in [7, 11) is 0. The molecule has 0 bridgehead atoms. The van der Waals surface area contributed by atoms with Crippen molar-refractivity contribution in [2.75, 3.05) is 26.2 Å². The second-order valence-electron chi connectivity index (χ2n) is 3.25. The number of hydrogen-bond acceptors (Lipinski definition) is 5. The van der Waals surface area contributed by atoms with Gasteiger partial charge in [0, 0.05) is 12.6 Å². The number of nitrogens with zero attached hydrogens (tertiary/aromatic N) is 1. The van der Waals surface area contributed by atoms with Crippen LogP contribution in [0, 0.1) is 0 Å². The maximum atomic E-state index is 9.88. The zero-order chi connectivity index (χ0) is 9.52. The number of carbonyl (C=O) groups excluding carboxylic acids is 1. The standard InChI is InChI=1S/C8H17N3O2.2ClH/c9-10-8-1-3-11(4-2-8)5-6-13-7-12;;/h7-8,10H,1-6,9H2;2*1H. The van der Waals surface area contributed by atoms with Gasteiger partial charge in [0.15, 0.2) is 0 Å². The van der Waals surface area contributed by atoms with Crippen LogP contribution in [-0.2, 0) is 9.53 Å². The average Bonchev–Trinajstić information content (AvgIpc) is 2.19. The highest BCUT2D eigenvalue weighted by molar-refractivity contribution is 5.85. The number of piperidine rings is 1. The van der Waals surface area contributed by atoms with Crippen LogP contribution in [0.15, 0.2) is 0 Å². The van der Waals surface area contributed by atoms with Crippen molar-refractivity contribution < 1.29 is 9.53 Å². The zero-order valence-electron chi connectivity index (χ0n) is 8.55. The van der Waals surface area contributed by atoms with E-state index in [2.05, 4.69) is 15.1 Å². The van der Waals surface area contributed by atoms with E-state index in [0.717, 1.165) is 32.5 Å². The highest BCUT2D eigenvalue weighted by atomic mass is 35.5. The molecule has 15 heavy (non-hydrogen) atoms. The van der Waals surface area contributed by atoms with Crippen molar-refractivity contribution in [3.8, 4) is 0 Å². The van der Waals surface area contributed by atoms with E-state index in [-0.39, 0.29) is 24.8 Å². The molecule has 1 aliphatic rings. The summed E-state index contributed by atoms with van der Waals surface area (Å²) in [4.78, 5) is 12.2. The SMILES string of the molecule is Cl.Cl.NNC1CCN(CCOC=O)CC1. The first kappa shape index (κ1) is 17.3. The number of hydrogen-bond donors (Lipinski definition) is 2. The molecule has 92 valence electrons. The first-order chi connectivity index (χ1) is 6.36. The summed E-state index contributed by atoms with van der Waals surface area (Å²) in [5, 5.41) is 0. The number of ether oxygens (including phenoxy) is 1. The van der Waals surface area contributed by atoms with E-state index < -0.39 is 0 Å². The Morgan fingerprint density at radius 1 is 1.40 bits per heavy atom. The van der Waals surface area contributed by atoms with Gasteiger partial charge in [-0.25, -0.2) is 0 Å². The number of nitrogens with two attached hydrogens (primary N) is 1. The quantitative estimate of drug-likeness (QED) is 0.313. The molecule has 0 aromatic rings. The minimum absolute atomic E-state index is 0. The molecule has 3 N–H and O–H groups in total. The van der Waals surface area contributed by atoms with Crippen LogP contribution >= 0.6 is 24.8 Å². The molecule has 1 heterocycles. The second kappa shape index (κ2) is 10.4. The first-order valence-corrected chi connectivity index (χ1v) is 4.60. The van der Waals surface area contributed by atoms with E-state index >= 15 is 0 Å². The summed E-state index contributed by atoms with van der Waals surface area (Å²) in [6.45, 7) is 3.86. The Labute approximate surface area is 102 Å². The fourth-order valence-corrected chi connectivity index (χ4v) is 1.55. The summed E-state index contributed by atoms with van der Waals surface area (Å²) >= 11 is 0. The van der Waals surface area contributed by atoms with Gasteiger partial charge < -0.3 is 4.74 Å². The van der Waals surface area contributed by atoms with Crippen LogP contribution in [-0.4, -0.2) is 43.7 Å². The Morgan fingerprint density at radius 3 is 2.47 bits per heavy atom. The molecule has 0 amide bonds. The number of rotatable bonds is 5. The number of carbonyl (C=O) groups is 1. The third-order valence-electron chi connectivity index (χ3n) is 2.42. The average molecular weight is 260 g/mol. The van der Waals surface area contributed by atoms with Gasteiger partial charge in [-0.3, -0.25) is 21.0 Å². The Hall–Kier alpha value is -0.0700. The monoisotopic (exact) mass is 259 g/mol. The Bertz CT molecular complexity index is 155. The zero-order valence-corrected chi connectivity index (χ0v) is 10.2. The molecule has 0 unspecified atom stereocenters. The second-order valence-corrected chi connectivity index (χ2v) is 3.25. The number of nitrogens with one attached hydrogen (secondary N) is 1. The summed E-state index contributed by atoms with van der Waals surface area (Å²) in [6.07, 6.45) is 2.13. The molecule has 7 heteroatoms. The number of likely N-dealkylation sites (tertiary alicyclic amines) is 1. The molecule has 1 aliphatic heterocycles. The van der Waals surface area contributed by atoms with Gasteiger partial charge in [-0.2, -0.15) is 0 Å². The van der Waals surface area contributed by atoms with Gasteiger partial charge in [-0.1, -0.05) is 0 Å². The van der Waals surface area contributed by atoms with Crippen LogP contribution in [0.2, 0.25) is 0 Å². The van der Waals surface area contributed by atoms with E-state index in [1.165, 1.54) is 0 Å². The summed E-state index contributed by atoms with van der Waals surface area (Å²) in [5.74, 6) is 5.33. The maximum absolute atomic E-state index is 9.88. The van der Waals surface area contributed by atoms with Crippen LogP contribution in [0.25, 0.3) is 0 Å². The highest BCUT2D eigenvalue weighted by Crippen LogP contribution is 2.08. The van der Waals surface area contributed by atoms with Crippen molar-refractivity contribution in [3.63, 3.8) is 0 Å². The largest absolute Gasteiger partial charge is 0.467 e. The van der Waals surface area contributed by atoms with Crippen LogP contribution in [0.4, 0.5) is 0 Å². The van der Waals surface area contributed by atoms with Crippen LogP contribution in [0.3, 0.4) is 0 Å². The van der Waals surface area contributed by atoms with Crippen molar-refractivity contribution in [2.45, 2.75) is 18.9 Å². The number of hydrazine groups is 1. The molecule has 0 aliphatic carbocycles. The topological polar surface area (TPSA) is 67.6 Å². The molecule has 1 saturated heterocycles. The Kier molecular flexibility index (Phi) is 12.1. The molecule has 0 spiro atoms. The fraction of sp³-hybridized carbons (Fsp3) is 0.875. The van der Waals surface area contributed by atoms with E-state index in [9.17, 15) is 4.79 Å². The predicted molar refractivity (Wildman–Crippen MR) is 63.3 cm³/mol. The van der Waals surface area contributed by atoms with Crippen molar-refractivity contribution in [1.29, 1.82) is 0 Å². The lowest BCUT2D eigenvalue weighted by atomic mass is 10.1. The van der Waals surface area contributed by atoms with E-state index in [1.54, 1.807) is 0 Å². The van der Waals surface area contributed by atoms with Gasteiger partial charge in [-0.05, 0) is 25.9 Å². The molecule has 0 aromatic heterocycles. The van der Waals surface area contributed by atoms with E-state index in [4.69, 9.17) is 5.84 Å². The highest BCUT2D eigenvalue weighted by Gasteiger charge is 2.17. The molecular formula is C8H19Cl2N3O2. The fourth-order valence-electron chi connectivity index (χ4n) is 1.55. The Morgan fingerprint density at radius 2 is 2.00 bits per heavy atom. The molecule has 1 rings (SSSR count). The molecular weight excluding hydrogens is 241 g/mol. The lowest BCUT2D eigenvalue weighted by Gasteiger charge is -2.30. The van der Waals surface area contributed by atoms with Crippen LogP contribution in [0.5, 0.6) is 0 Å². The van der Waals surface area contributed by atoms with Crippen molar-refractivity contribution in [2.24, 2.45) is 5.84 Å². The van der Waals surface area contributed by atoms with Crippen molar-refractivity contribution >= 4 is 31.3 Å². The lowest BCUT2D eigenvalue weighted by Crippen LogP contribution is -2.45. The molecule has 0 saturated carbocycles.